The van der Waals surface area contributed by atoms with Gasteiger partial charge in [-0.2, -0.15) is 5.26 Å². The number of thiophene rings is 1. The number of nitrogens with zero attached hydrogens (tertiary/aromatic N) is 2. The Balaban J connectivity index is 1.78. The number of aryl methyl sites for hydroxylation is 1. The number of rotatable bonds is 1. The lowest BCUT2D eigenvalue weighted by atomic mass is 9.96. The van der Waals surface area contributed by atoms with E-state index in [1.165, 1.54) is 23.3 Å². The van der Waals surface area contributed by atoms with Crippen LogP contribution in [0.3, 0.4) is 0 Å². The number of fused-ring (bicyclic) bond motifs is 1. The maximum Gasteiger partial charge on any atom is 0.174 e. The molecule has 20 heavy (non-hydrogen) atoms. The van der Waals surface area contributed by atoms with Gasteiger partial charge in [0.25, 0.3) is 0 Å². The molecule has 106 valence electrons. The molecule has 1 aliphatic heterocycles. The average molecular weight is 307 g/mol. The summed E-state index contributed by atoms with van der Waals surface area (Å²) in [6, 6.07) is 2.36. The summed E-state index contributed by atoms with van der Waals surface area (Å²) in [5.74, 6) is 0. The minimum absolute atomic E-state index is 0.711. The zero-order valence-corrected chi connectivity index (χ0v) is 12.9. The van der Waals surface area contributed by atoms with E-state index in [2.05, 4.69) is 16.3 Å². The van der Waals surface area contributed by atoms with Gasteiger partial charge < -0.3 is 15.0 Å². The van der Waals surface area contributed by atoms with Crippen LogP contribution in [0, 0.1) is 11.3 Å². The van der Waals surface area contributed by atoms with Gasteiger partial charge in [0.15, 0.2) is 5.11 Å². The van der Waals surface area contributed by atoms with Crippen molar-refractivity contribution in [2.24, 2.45) is 0 Å². The zero-order valence-electron chi connectivity index (χ0n) is 11.3. The van der Waals surface area contributed by atoms with Crippen LogP contribution in [0.5, 0.6) is 0 Å². The molecular weight excluding hydrogens is 290 g/mol. The van der Waals surface area contributed by atoms with E-state index in [9.17, 15) is 5.26 Å². The van der Waals surface area contributed by atoms with E-state index in [1.807, 2.05) is 0 Å². The predicted octanol–water partition coefficient (Wildman–Crippen LogP) is 2.53. The van der Waals surface area contributed by atoms with Gasteiger partial charge in [-0.25, -0.2) is 0 Å². The van der Waals surface area contributed by atoms with Gasteiger partial charge in [0, 0.05) is 18.0 Å². The van der Waals surface area contributed by atoms with Gasteiger partial charge in [-0.3, -0.25) is 0 Å². The quantitative estimate of drug-likeness (QED) is 0.808. The first kappa shape index (κ1) is 13.8. The Labute approximate surface area is 128 Å². The molecule has 0 bridgehead atoms. The van der Waals surface area contributed by atoms with E-state index in [4.69, 9.17) is 17.0 Å². The highest BCUT2D eigenvalue weighted by Crippen LogP contribution is 2.37. The smallest absolute Gasteiger partial charge is 0.174 e. The molecule has 1 aromatic rings. The molecule has 3 rings (SSSR count). The third-order valence-corrected chi connectivity index (χ3v) is 5.37. The van der Waals surface area contributed by atoms with Gasteiger partial charge in [-0.15, -0.1) is 11.3 Å². The minimum atomic E-state index is 0.711. The summed E-state index contributed by atoms with van der Waals surface area (Å²) in [4.78, 5) is 3.47. The second-order valence-corrected chi connectivity index (χ2v) is 6.55. The Hall–Kier alpha value is -1.16. The van der Waals surface area contributed by atoms with E-state index in [0.717, 1.165) is 36.5 Å². The summed E-state index contributed by atoms with van der Waals surface area (Å²) in [6.07, 6.45) is 4.54. The van der Waals surface area contributed by atoms with Gasteiger partial charge in [-0.1, -0.05) is 0 Å². The molecule has 1 N–H and O–H groups in total. The summed E-state index contributed by atoms with van der Waals surface area (Å²) < 4.78 is 5.33. The van der Waals surface area contributed by atoms with Crippen LogP contribution in [0.15, 0.2) is 0 Å². The molecule has 1 fully saturated rings. The highest BCUT2D eigenvalue weighted by molar-refractivity contribution is 7.80. The van der Waals surface area contributed by atoms with E-state index < -0.39 is 0 Å². The van der Waals surface area contributed by atoms with Crippen LogP contribution in [0.2, 0.25) is 0 Å². The average Bonchev–Trinajstić information content (AvgIpc) is 2.85. The lowest BCUT2D eigenvalue weighted by Gasteiger charge is -2.29. The fourth-order valence-electron chi connectivity index (χ4n) is 2.71. The molecule has 0 spiro atoms. The number of morpholine rings is 1. The minimum Gasteiger partial charge on any atom is -0.378 e. The Kier molecular flexibility index (Phi) is 4.20. The molecule has 1 aromatic heterocycles. The number of ether oxygens (including phenoxy) is 1. The molecule has 0 amide bonds. The number of hydrogen-bond acceptors (Lipinski definition) is 4. The SMILES string of the molecule is N#Cc1c(NC(=S)N2CCOCC2)sc2c1CCCC2. The van der Waals surface area contributed by atoms with Crippen molar-refractivity contribution in [3.05, 3.63) is 16.0 Å². The maximum absolute atomic E-state index is 9.43. The number of anilines is 1. The van der Waals surface area contributed by atoms with Crippen LogP contribution in [-0.2, 0) is 17.6 Å². The zero-order chi connectivity index (χ0) is 13.9. The normalized spacial score (nSPS) is 18.2. The summed E-state index contributed by atoms with van der Waals surface area (Å²) in [5.41, 5.74) is 2.05. The number of nitrogens with one attached hydrogen (secondary N) is 1. The van der Waals surface area contributed by atoms with Crippen molar-refractivity contribution in [2.45, 2.75) is 25.7 Å². The van der Waals surface area contributed by atoms with Crippen molar-refractivity contribution in [3.63, 3.8) is 0 Å². The van der Waals surface area contributed by atoms with Crippen molar-refractivity contribution in [1.82, 2.24) is 4.90 Å². The van der Waals surface area contributed by atoms with E-state index in [0.29, 0.717) is 18.3 Å². The number of nitriles is 1. The van der Waals surface area contributed by atoms with Crippen molar-refractivity contribution in [1.29, 1.82) is 5.26 Å². The third-order valence-electron chi connectivity index (χ3n) is 3.80. The molecule has 0 radical (unpaired) electrons. The third kappa shape index (κ3) is 2.66. The predicted molar refractivity (Wildman–Crippen MR) is 84.3 cm³/mol. The second kappa shape index (κ2) is 6.08. The van der Waals surface area contributed by atoms with Crippen molar-refractivity contribution < 1.29 is 4.74 Å². The fraction of sp³-hybridized carbons (Fsp3) is 0.571. The monoisotopic (exact) mass is 307 g/mol. The summed E-state index contributed by atoms with van der Waals surface area (Å²) >= 11 is 7.16. The fourth-order valence-corrected chi connectivity index (χ4v) is 4.30. The van der Waals surface area contributed by atoms with E-state index in [1.54, 1.807) is 11.3 Å². The maximum atomic E-state index is 9.43. The summed E-state index contributed by atoms with van der Waals surface area (Å²) in [5, 5.41) is 14.4. The number of hydrogen-bond donors (Lipinski definition) is 1. The molecule has 2 heterocycles. The molecular formula is C14H17N3OS2. The molecule has 0 unspecified atom stereocenters. The Bertz CT molecular complexity index is 556. The molecule has 0 saturated carbocycles. The number of thiocarbonyl (C=S) groups is 1. The first-order valence-electron chi connectivity index (χ1n) is 6.98. The summed E-state index contributed by atoms with van der Waals surface area (Å²) in [6.45, 7) is 3.07. The van der Waals surface area contributed by atoms with Gasteiger partial charge in [0.2, 0.25) is 0 Å². The van der Waals surface area contributed by atoms with E-state index >= 15 is 0 Å². The second-order valence-electron chi connectivity index (χ2n) is 5.06. The van der Waals surface area contributed by atoms with Crippen LogP contribution < -0.4 is 5.32 Å². The Morgan fingerprint density at radius 2 is 2.05 bits per heavy atom. The van der Waals surface area contributed by atoms with Gasteiger partial charge in [0.05, 0.1) is 18.8 Å². The lowest BCUT2D eigenvalue weighted by Crippen LogP contribution is -2.42. The van der Waals surface area contributed by atoms with Crippen LogP contribution >= 0.6 is 23.6 Å². The van der Waals surface area contributed by atoms with Gasteiger partial charge in [-0.05, 0) is 43.5 Å². The molecule has 2 aliphatic rings. The Morgan fingerprint density at radius 3 is 2.80 bits per heavy atom. The first-order chi connectivity index (χ1) is 9.79. The molecule has 0 atom stereocenters. The molecule has 1 aliphatic carbocycles. The van der Waals surface area contributed by atoms with Gasteiger partial charge in [0.1, 0.15) is 11.1 Å². The molecule has 4 nitrogen and oxygen atoms in total. The first-order valence-corrected chi connectivity index (χ1v) is 8.20. The highest BCUT2D eigenvalue weighted by Gasteiger charge is 2.22. The largest absolute Gasteiger partial charge is 0.378 e. The molecule has 6 heteroatoms. The van der Waals surface area contributed by atoms with Crippen LogP contribution in [0.4, 0.5) is 5.00 Å². The highest BCUT2D eigenvalue weighted by atomic mass is 32.1. The lowest BCUT2D eigenvalue weighted by molar-refractivity contribution is 0.0690. The Morgan fingerprint density at radius 1 is 1.30 bits per heavy atom. The van der Waals surface area contributed by atoms with Crippen LogP contribution in [-0.4, -0.2) is 36.3 Å². The molecule has 0 aromatic carbocycles. The molecule has 1 saturated heterocycles. The van der Waals surface area contributed by atoms with E-state index in [-0.39, 0.29) is 0 Å². The van der Waals surface area contributed by atoms with Crippen LogP contribution in [0.1, 0.15) is 28.8 Å². The van der Waals surface area contributed by atoms with Crippen LogP contribution in [0.25, 0.3) is 0 Å². The standard InChI is InChI=1S/C14H17N3OS2/c15-9-11-10-3-1-2-4-12(10)20-13(11)16-14(19)17-5-7-18-8-6-17/h1-8H2,(H,16,19). The topological polar surface area (TPSA) is 48.3 Å². The van der Waals surface area contributed by atoms with Crippen molar-refractivity contribution >= 4 is 33.7 Å². The van der Waals surface area contributed by atoms with Gasteiger partial charge >= 0.3 is 0 Å². The summed E-state index contributed by atoms with van der Waals surface area (Å²) in [7, 11) is 0. The van der Waals surface area contributed by atoms with Crippen molar-refractivity contribution in [3.8, 4) is 6.07 Å². The van der Waals surface area contributed by atoms with Crippen molar-refractivity contribution in [2.75, 3.05) is 31.6 Å².